The fourth-order valence-electron chi connectivity index (χ4n) is 3.03. The number of hydrogen-bond acceptors (Lipinski definition) is 5. The predicted molar refractivity (Wildman–Crippen MR) is 127 cm³/mol. The van der Waals surface area contributed by atoms with Gasteiger partial charge in [0.15, 0.2) is 0 Å². The van der Waals surface area contributed by atoms with Crippen molar-refractivity contribution in [3.63, 3.8) is 0 Å². The van der Waals surface area contributed by atoms with Gasteiger partial charge in [-0.3, -0.25) is 0 Å². The van der Waals surface area contributed by atoms with Gasteiger partial charge in [-0.15, -0.1) is 0 Å². The Balaban J connectivity index is 2.76. The van der Waals surface area contributed by atoms with E-state index in [4.69, 9.17) is 4.74 Å². The molecule has 0 heterocycles. The number of rotatable bonds is 15. The molecular weight excluding hydrogens is 394 g/mol. The molecule has 2 amide bonds. The number of carbonyl (C=O) groups excluding carboxylic acids is 2. The zero-order valence-electron chi connectivity index (χ0n) is 19.5. The van der Waals surface area contributed by atoms with E-state index >= 15 is 0 Å². The Morgan fingerprint density at radius 2 is 1.81 bits per heavy atom. The number of urea groups is 1. The quantitative estimate of drug-likeness (QED) is 0.238. The van der Waals surface area contributed by atoms with Crippen molar-refractivity contribution in [1.29, 1.82) is 0 Å². The van der Waals surface area contributed by atoms with E-state index in [2.05, 4.69) is 41.0 Å². The van der Waals surface area contributed by atoms with Crippen LogP contribution in [-0.4, -0.2) is 56.8 Å². The number of benzene rings is 1. The van der Waals surface area contributed by atoms with Crippen LogP contribution in [0.15, 0.2) is 24.3 Å². The van der Waals surface area contributed by atoms with Crippen molar-refractivity contribution in [1.82, 2.24) is 10.2 Å². The van der Waals surface area contributed by atoms with Crippen LogP contribution in [0.2, 0.25) is 0 Å². The van der Waals surface area contributed by atoms with Gasteiger partial charge in [0.05, 0.1) is 12.8 Å². The first kappa shape index (κ1) is 26.5. The largest absolute Gasteiger partial charge is 0.490 e. The van der Waals surface area contributed by atoms with E-state index in [9.17, 15) is 9.59 Å². The van der Waals surface area contributed by atoms with Crippen molar-refractivity contribution in [3.8, 4) is 5.75 Å². The number of unbranched alkanes of at least 4 members (excludes halogenated alkanes) is 4. The van der Waals surface area contributed by atoms with E-state index in [1.54, 1.807) is 18.2 Å². The third-order valence-corrected chi connectivity index (χ3v) is 4.99. The number of anilines is 1. The highest BCUT2D eigenvalue weighted by Crippen LogP contribution is 2.26. The number of ether oxygens (including phenoxy) is 2. The summed E-state index contributed by atoms with van der Waals surface area (Å²) < 4.78 is 10.6. The van der Waals surface area contributed by atoms with Gasteiger partial charge in [-0.2, -0.15) is 0 Å². The van der Waals surface area contributed by atoms with Crippen LogP contribution in [0.4, 0.5) is 10.5 Å². The second-order valence-corrected chi connectivity index (χ2v) is 7.28. The van der Waals surface area contributed by atoms with Crippen LogP contribution < -0.4 is 15.4 Å². The summed E-state index contributed by atoms with van der Waals surface area (Å²) >= 11 is 0. The number of nitrogens with one attached hydrogen (secondary N) is 2. The molecule has 2 N–H and O–H groups in total. The maximum absolute atomic E-state index is 12.4. The molecule has 0 bridgehead atoms. The lowest BCUT2D eigenvalue weighted by atomic mass is 10.1. The second-order valence-electron chi connectivity index (χ2n) is 7.28. The summed E-state index contributed by atoms with van der Waals surface area (Å²) in [5.74, 6) is 0.162. The van der Waals surface area contributed by atoms with Crippen LogP contribution in [0, 0.1) is 0 Å². The first-order chi connectivity index (χ1) is 15.0. The summed E-state index contributed by atoms with van der Waals surface area (Å²) in [7, 11) is 1.33. The van der Waals surface area contributed by atoms with Crippen LogP contribution in [0.1, 0.15) is 58.4 Å². The number of methoxy groups -OCH3 is 1. The standard InChI is InChI=1S/C24H39N3O4/c1-5-8-9-10-11-16-25-24(29)26-21-19-20(13-15-23(28)30-4)12-14-22(21)31-18-17-27(6-2)7-3/h12-15,19H,5-11,16-18H2,1-4H3,(H2,25,26,29)/b15-13+. The number of hydrogen-bond donors (Lipinski definition) is 2. The molecule has 174 valence electrons. The summed E-state index contributed by atoms with van der Waals surface area (Å²) in [6.45, 7) is 10.3. The van der Waals surface area contributed by atoms with Crippen LogP contribution in [0.25, 0.3) is 6.08 Å². The SMILES string of the molecule is CCCCCCCNC(=O)Nc1cc(/C=C/C(=O)OC)ccc1OCCN(CC)CC. The van der Waals surface area contributed by atoms with Crippen LogP contribution >= 0.6 is 0 Å². The summed E-state index contributed by atoms with van der Waals surface area (Å²) in [5.41, 5.74) is 1.33. The third-order valence-electron chi connectivity index (χ3n) is 4.99. The van der Waals surface area contributed by atoms with Crippen LogP contribution in [0.5, 0.6) is 5.75 Å². The highest BCUT2D eigenvalue weighted by Gasteiger charge is 2.10. The third kappa shape index (κ3) is 11.4. The number of amides is 2. The zero-order valence-corrected chi connectivity index (χ0v) is 19.5. The maximum Gasteiger partial charge on any atom is 0.330 e. The molecule has 0 aliphatic rings. The lowest BCUT2D eigenvalue weighted by Gasteiger charge is -2.19. The maximum atomic E-state index is 12.4. The smallest absolute Gasteiger partial charge is 0.330 e. The van der Waals surface area contributed by atoms with E-state index in [0.717, 1.165) is 38.0 Å². The molecule has 0 saturated heterocycles. The van der Waals surface area contributed by atoms with E-state index in [1.165, 1.54) is 32.4 Å². The molecule has 0 aliphatic heterocycles. The van der Waals surface area contributed by atoms with Crippen molar-refractivity contribution >= 4 is 23.8 Å². The van der Waals surface area contributed by atoms with Gasteiger partial charge in [0, 0.05) is 19.2 Å². The minimum absolute atomic E-state index is 0.266. The summed E-state index contributed by atoms with van der Waals surface area (Å²) in [5, 5.41) is 5.78. The summed E-state index contributed by atoms with van der Waals surface area (Å²) in [6.07, 6.45) is 8.68. The van der Waals surface area contributed by atoms with Gasteiger partial charge < -0.3 is 25.0 Å². The molecule has 0 spiro atoms. The molecule has 1 aromatic rings. The monoisotopic (exact) mass is 433 g/mol. The fourth-order valence-corrected chi connectivity index (χ4v) is 3.03. The van der Waals surface area contributed by atoms with Crippen molar-refractivity contribution in [2.75, 3.05) is 45.2 Å². The molecule has 0 aromatic heterocycles. The van der Waals surface area contributed by atoms with E-state index in [-0.39, 0.29) is 6.03 Å². The minimum atomic E-state index is -0.435. The van der Waals surface area contributed by atoms with Gasteiger partial charge in [0.25, 0.3) is 0 Å². The average molecular weight is 434 g/mol. The van der Waals surface area contributed by atoms with Gasteiger partial charge in [-0.05, 0) is 43.3 Å². The van der Waals surface area contributed by atoms with Crippen molar-refractivity contribution in [3.05, 3.63) is 29.8 Å². The predicted octanol–water partition coefficient (Wildman–Crippen LogP) is 4.69. The summed E-state index contributed by atoms with van der Waals surface area (Å²) in [4.78, 5) is 26.0. The normalized spacial score (nSPS) is 11.0. The number of nitrogens with zero attached hydrogens (tertiary/aromatic N) is 1. The Kier molecular flexibility index (Phi) is 13.8. The van der Waals surface area contributed by atoms with E-state index in [0.29, 0.717) is 24.6 Å². The molecule has 0 fully saturated rings. The second kappa shape index (κ2) is 16.2. The molecule has 0 radical (unpaired) electrons. The van der Waals surface area contributed by atoms with Gasteiger partial charge in [-0.1, -0.05) is 52.5 Å². The summed E-state index contributed by atoms with van der Waals surface area (Å²) in [6, 6.07) is 5.16. The topological polar surface area (TPSA) is 79.9 Å². The zero-order chi connectivity index (χ0) is 22.9. The molecule has 0 saturated carbocycles. The molecule has 7 heteroatoms. The molecule has 31 heavy (non-hydrogen) atoms. The van der Waals surface area contributed by atoms with E-state index in [1.807, 2.05) is 6.07 Å². The molecule has 0 aliphatic carbocycles. The molecule has 7 nitrogen and oxygen atoms in total. The van der Waals surface area contributed by atoms with E-state index < -0.39 is 5.97 Å². The highest BCUT2D eigenvalue weighted by molar-refractivity contribution is 5.92. The molecular formula is C24H39N3O4. The highest BCUT2D eigenvalue weighted by atomic mass is 16.5. The van der Waals surface area contributed by atoms with Gasteiger partial charge in [-0.25, -0.2) is 9.59 Å². The number of esters is 1. The Morgan fingerprint density at radius 3 is 2.48 bits per heavy atom. The fraction of sp³-hybridized carbons (Fsp3) is 0.583. The van der Waals surface area contributed by atoms with Gasteiger partial charge in [0.1, 0.15) is 12.4 Å². The van der Waals surface area contributed by atoms with Crippen LogP contribution in [-0.2, 0) is 9.53 Å². The first-order valence-corrected chi connectivity index (χ1v) is 11.3. The Morgan fingerprint density at radius 1 is 1.06 bits per heavy atom. The van der Waals surface area contributed by atoms with Gasteiger partial charge in [0.2, 0.25) is 0 Å². The molecule has 1 aromatic carbocycles. The lowest BCUT2D eigenvalue weighted by Crippen LogP contribution is -2.30. The molecule has 0 atom stereocenters. The molecule has 0 unspecified atom stereocenters. The van der Waals surface area contributed by atoms with Crippen molar-refractivity contribution < 1.29 is 19.1 Å². The van der Waals surface area contributed by atoms with Crippen molar-refractivity contribution in [2.45, 2.75) is 52.9 Å². The van der Waals surface area contributed by atoms with Crippen molar-refractivity contribution in [2.24, 2.45) is 0 Å². The average Bonchev–Trinajstić information content (AvgIpc) is 2.78. The molecule has 1 rings (SSSR count). The van der Waals surface area contributed by atoms with Crippen LogP contribution in [0.3, 0.4) is 0 Å². The number of likely N-dealkylation sites (N-methyl/N-ethyl adjacent to an activating group) is 1. The first-order valence-electron chi connectivity index (χ1n) is 11.3. The Labute approximate surface area is 187 Å². The number of carbonyl (C=O) groups is 2. The minimum Gasteiger partial charge on any atom is -0.490 e. The Bertz CT molecular complexity index is 687. The Hall–Kier alpha value is -2.54. The van der Waals surface area contributed by atoms with Gasteiger partial charge >= 0.3 is 12.0 Å². The lowest BCUT2D eigenvalue weighted by molar-refractivity contribution is -0.134.